The van der Waals surface area contributed by atoms with Gasteiger partial charge >= 0.3 is 0 Å². The fourth-order valence-electron chi connectivity index (χ4n) is 4.73. The molecule has 1 atom stereocenters. The highest BCUT2D eigenvalue weighted by Gasteiger charge is 2.23. The van der Waals surface area contributed by atoms with Crippen LogP contribution in [0.25, 0.3) is 21.8 Å². The predicted molar refractivity (Wildman–Crippen MR) is 137 cm³/mol. The second kappa shape index (κ2) is 10.4. The van der Waals surface area contributed by atoms with Gasteiger partial charge in [0.15, 0.2) is 0 Å². The van der Waals surface area contributed by atoms with Gasteiger partial charge in [0.05, 0.1) is 40.8 Å². The number of fused-ring (bicyclic) bond motifs is 2. The summed E-state index contributed by atoms with van der Waals surface area (Å²) in [4.78, 5) is 52.2. The fourth-order valence-corrected chi connectivity index (χ4v) is 4.73. The molecule has 2 aromatic heterocycles. The Morgan fingerprint density at radius 2 is 2.00 bits per heavy atom. The van der Waals surface area contributed by atoms with Crippen LogP contribution in [-0.4, -0.2) is 49.6 Å². The Balaban J connectivity index is 1.30. The molecule has 1 amide bonds. The summed E-state index contributed by atoms with van der Waals surface area (Å²) in [5.74, 6) is 0.370. The first kappa shape index (κ1) is 23.9. The molecule has 9 heteroatoms. The third kappa shape index (κ3) is 5.06. The number of aromatic nitrogens is 4. The van der Waals surface area contributed by atoms with Gasteiger partial charge in [0.25, 0.3) is 11.1 Å². The summed E-state index contributed by atoms with van der Waals surface area (Å²) in [5.41, 5.74) is 1.93. The lowest BCUT2D eigenvalue weighted by Crippen LogP contribution is -2.38. The minimum atomic E-state index is -0.224. The van der Waals surface area contributed by atoms with Crippen LogP contribution < -0.4 is 11.1 Å². The number of carbonyl (C=O) groups excluding carboxylic acids is 1. The highest BCUT2D eigenvalue weighted by molar-refractivity contribution is 5.80. The largest absolute Gasteiger partial charge is 0.376 e. The van der Waals surface area contributed by atoms with Gasteiger partial charge in [-0.1, -0.05) is 24.3 Å². The smallest absolute Gasteiger partial charge is 0.261 e. The van der Waals surface area contributed by atoms with Gasteiger partial charge in [0.1, 0.15) is 5.82 Å². The highest BCUT2D eigenvalue weighted by atomic mass is 16.5. The van der Waals surface area contributed by atoms with Gasteiger partial charge in [-0.3, -0.25) is 19.0 Å². The minimum absolute atomic E-state index is 0.0309. The van der Waals surface area contributed by atoms with Crippen molar-refractivity contribution >= 4 is 27.7 Å². The Kier molecular flexibility index (Phi) is 6.90. The van der Waals surface area contributed by atoms with Gasteiger partial charge in [0, 0.05) is 26.1 Å². The van der Waals surface area contributed by atoms with Crippen LogP contribution in [0.15, 0.2) is 58.4 Å². The molecule has 1 N–H and O–H groups in total. The Labute approximate surface area is 207 Å². The Morgan fingerprint density at radius 1 is 1.17 bits per heavy atom. The first-order valence-electron chi connectivity index (χ1n) is 12.3. The van der Waals surface area contributed by atoms with Crippen LogP contribution in [0.5, 0.6) is 0 Å². The molecule has 5 rings (SSSR count). The number of rotatable bonds is 8. The SMILES string of the molecule is Cc1cccc2c(=O)n(CCCC(=O)N(Cc3nc4ccccc4c(=O)[nH]3)C[C@H]3CCCO3)cnc12. The predicted octanol–water partition coefficient (Wildman–Crippen LogP) is 2.93. The van der Waals surface area contributed by atoms with Crippen LogP contribution in [0.3, 0.4) is 0 Å². The van der Waals surface area contributed by atoms with Crippen molar-refractivity contribution in [3.63, 3.8) is 0 Å². The number of aromatic amines is 1. The number of hydrogen-bond donors (Lipinski definition) is 1. The van der Waals surface area contributed by atoms with Crippen molar-refractivity contribution in [3.05, 3.63) is 80.9 Å². The number of hydrogen-bond acceptors (Lipinski definition) is 6. The van der Waals surface area contributed by atoms with E-state index < -0.39 is 0 Å². The van der Waals surface area contributed by atoms with Crippen molar-refractivity contribution in [3.8, 4) is 0 Å². The van der Waals surface area contributed by atoms with Crippen LogP contribution in [0.1, 0.15) is 37.1 Å². The third-order valence-electron chi connectivity index (χ3n) is 6.65. The zero-order valence-electron chi connectivity index (χ0n) is 20.3. The van der Waals surface area contributed by atoms with E-state index in [9.17, 15) is 14.4 Å². The molecule has 4 aromatic rings. The maximum Gasteiger partial charge on any atom is 0.261 e. The molecule has 36 heavy (non-hydrogen) atoms. The number of nitrogens with zero attached hydrogens (tertiary/aromatic N) is 4. The molecule has 0 aliphatic carbocycles. The summed E-state index contributed by atoms with van der Waals surface area (Å²) < 4.78 is 7.32. The van der Waals surface area contributed by atoms with E-state index in [1.165, 1.54) is 0 Å². The molecule has 1 aliphatic rings. The normalized spacial score (nSPS) is 15.5. The Bertz CT molecular complexity index is 1520. The average Bonchev–Trinajstić information content (AvgIpc) is 3.39. The summed E-state index contributed by atoms with van der Waals surface area (Å²) in [6.45, 7) is 3.63. The standard InChI is InChI=1S/C27H29N5O4/c1-18-7-4-10-21-25(18)28-17-31(27(21)35)13-5-12-24(33)32(15-19-8-6-14-36-19)16-23-29-22-11-3-2-9-20(22)26(34)30-23/h2-4,7,9-11,17,19H,5-6,8,12-16H2,1H3,(H,29,30,34)/t19-/m1/s1. The van der Waals surface area contributed by atoms with Crippen molar-refractivity contribution in [2.75, 3.05) is 13.2 Å². The number of H-pyrrole nitrogens is 1. The van der Waals surface area contributed by atoms with Gasteiger partial charge in [-0.05, 0) is 49.9 Å². The summed E-state index contributed by atoms with van der Waals surface area (Å²) >= 11 is 0. The second-order valence-electron chi connectivity index (χ2n) is 9.26. The van der Waals surface area contributed by atoms with Crippen molar-refractivity contribution < 1.29 is 9.53 Å². The van der Waals surface area contributed by atoms with Gasteiger partial charge in [-0.25, -0.2) is 9.97 Å². The molecule has 1 saturated heterocycles. The highest BCUT2D eigenvalue weighted by Crippen LogP contribution is 2.16. The van der Waals surface area contributed by atoms with E-state index in [-0.39, 0.29) is 36.1 Å². The number of ether oxygens (including phenoxy) is 1. The van der Waals surface area contributed by atoms with E-state index in [4.69, 9.17) is 4.74 Å². The van der Waals surface area contributed by atoms with E-state index >= 15 is 0 Å². The first-order valence-corrected chi connectivity index (χ1v) is 12.3. The fraction of sp³-hybridized carbons (Fsp3) is 0.370. The Morgan fingerprint density at radius 3 is 2.83 bits per heavy atom. The molecular weight excluding hydrogens is 458 g/mol. The van der Waals surface area contributed by atoms with Crippen LogP contribution in [0.4, 0.5) is 0 Å². The van der Waals surface area contributed by atoms with E-state index in [2.05, 4.69) is 15.0 Å². The van der Waals surface area contributed by atoms with Crippen LogP contribution >= 0.6 is 0 Å². The molecule has 186 valence electrons. The van der Waals surface area contributed by atoms with Crippen LogP contribution in [0, 0.1) is 6.92 Å². The summed E-state index contributed by atoms with van der Waals surface area (Å²) in [5, 5.41) is 1.10. The second-order valence-corrected chi connectivity index (χ2v) is 9.26. The topological polar surface area (TPSA) is 110 Å². The number of para-hydroxylation sites is 2. The van der Waals surface area contributed by atoms with Crippen molar-refractivity contribution in [1.82, 2.24) is 24.4 Å². The van der Waals surface area contributed by atoms with Crippen LogP contribution in [0.2, 0.25) is 0 Å². The van der Waals surface area contributed by atoms with E-state index in [0.717, 1.165) is 18.4 Å². The van der Waals surface area contributed by atoms with E-state index in [1.807, 2.05) is 25.1 Å². The molecular formula is C27H29N5O4. The van der Waals surface area contributed by atoms with Crippen molar-refractivity contribution in [2.45, 2.75) is 51.8 Å². The van der Waals surface area contributed by atoms with E-state index in [1.54, 1.807) is 40.1 Å². The average molecular weight is 488 g/mol. The molecule has 3 heterocycles. The number of carbonyl (C=O) groups is 1. The molecule has 0 saturated carbocycles. The zero-order valence-corrected chi connectivity index (χ0v) is 20.3. The zero-order chi connectivity index (χ0) is 25.1. The van der Waals surface area contributed by atoms with Gasteiger partial charge in [-0.2, -0.15) is 0 Å². The number of amides is 1. The molecule has 1 fully saturated rings. The molecule has 9 nitrogen and oxygen atoms in total. The number of benzene rings is 2. The number of aryl methyl sites for hydroxylation is 2. The summed E-state index contributed by atoms with van der Waals surface area (Å²) in [6.07, 6.45) is 4.12. The summed E-state index contributed by atoms with van der Waals surface area (Å²) in [6, 6.07) is 12.7. The van der Waals surface area contributed by atoms with Crippen molar-refractivity contribution in [2.24, 2.45) is 0 Å². The van der Waals surface area contributed by atoms with E-state index in [0.29, 0.717) is 53.7 Å². The minimum Gasteiger partial charge on any atom is -0.376 e. The van der Waals surface area contributed by atoms with Crippen LogP contribution in [-0.2, 0) is 22.6 Å². The third-order valence-corrected chi connectivity index (χ3v) is 6.65. The van der Waals surface area contributed by atoms with Crippen molar-refractivity contribution in [1.29, 1.82) is 0 Å². The molecule has 2 aromatic carbocycles. The lowest BCUT2D eigenvalue weighted by molar-refractivity contribution is -0.133. The Hall–Kier alpha value is -3.85. The molecule has 1 aliphatic heterocycles. The maximum absolute atomic E-state index is 13.3. The lowest BCUT2D eigenvalue weighted by atomic mass is 10.1. The molecule has 0 radical (unpaired) electrons. The van der Waals surface area contributed by atoms with Gasteiger partial charge < -0.3 is 14.6 Å². The van der Waals surface area contributed by atoms with Gasteiger partial charge in [0.2, 0.25) is 5.91 Å². The molecule has 0 bridgehead atoms. The monoisotopic (exact) mass is 487 g/mol. The summed E-state index contributed by atoms with van der Waals surface area (Å²) in [7, 11) is 0. The maximum atomic E-state index is 13.3. The van der Waals surface area contributed by atoms with Gasteiger partial charge in [-0.15, -0.1) is 0 Å². The first-order chi connectivity index (χ1) is 17.5. The molecule has 0 unspecified atom stereocenters. The quantitative estimate of drug-likeness (QED) is 0.409. The molecule has 0 spiro atoms. The number of nitrogens with one attached hydrogen (secondary N) is 1. The lowest BCUT2D eigenvalue weighted by Gasteiger charge is -2.25.